The summed E-state index contributed by atoms with van der Waals surface area (Å²) in [6.07, 6.45) is 11.1. The molecule has 1 spiro atoms. The normalized spacial score (nSPS) is 20.6. The molecule has 44 heavy (non-hydrogen) atoms. The molecule has 1 aliphatic carbocycles. The van der Waals surface area contributed by atoms with Crippen LogP contribution in [0, 0.1) is 12.3 Å². The molecule has 214 valence electrons. The van der Waals surface area contributed by atoms with E-state index in [9.17, 15) is 0 Å². The zero-order valence-electron chi connectivity index (χ0n) is 25.7. The molecule has 1 atom stereocenters. The van der Waals surface area contributed by atoms with Crippen molar-refractivity contribution in [1.29, 1.82) is 0 Å². The SMILES string of the molecule is C#C/C=C\C=C(/C)c1nc2cccc3c2n1-c1ccccc1C31c2ccccc2-c2ccc(B3OC(C)(C)C(C)(C)O3)cc21. The quantitative estimate of drug-likeness (QED) is 0.124. The summed E-state index contributed by atoms with van der Waals surface area (Å²) >= 11 is 0. The number of para-hydroxylation sites is 2. The van der Waals surface area contributed by atoms with Gasteiger partial charge in [0.2, 0.25) is 0 Å². The van der Waals surface area contributed by atoms with E-state index in [-0.39, 0.29) is 0 Å². The number of imidazole rings is 1. The molecule has 1 saturated heterocycles. The molecule has 5 aromatic rings. The lowest BCUT2D eigenvalue weighted by atomic mass is 9.64. The standard InChI is InChI=1S/C39H33BN2O2/c1-7-8-9-15-25(2)36-41-33-20-14-19-31-35(33)42(36)34-21-13-12-18-30(34)39(31)29-17-11-10-16-27(29)28-23-22-26(24-32(28)39)40-43-37(3,4)38(5,6)44-40/h1,8-24H,2-6H3/b9-8-,25-15+. The lowest BCUT2D eigenvalue weighted by Crippen LogP contribution is -2.41. The second-order valence-electron chi connectivity index (χ2n) is 13.0. The maximum Gasteiger partial charge on any atom is 0.494 e. The Labute approximate surface area is 259 Å². The topological polar surface area (TPSA) is 36.3 Å². The Morgan fingerprint density at radius 3 is 2.27 bits per heavy atom. The molecule has 0 saturated carbocycles. The van der Waals surface area contributed by atoms with Crippen LogP contribution >= 0.6 is 0 Å². The first kappa shape index (κ1) is 27.0. The Balaban J connectivity index is 1.46. The number of terminal acetylenes is 1. The summed E-state index contributed by atoms with van der Waals surface area (Å²) in [7, 11) is -0.457. The molecule has 8 rings (SSSR count). The van der Waals surface area contributed by atoms with Crippen molar-refractivity contribution in [2.24, 2.45) is 0 Å². The highest BCUT2D eigenvalue weighted by molar-refractivity contribution is 6.62. The second kappa shape index (κ2) is 9.19. The maximum atomic E-state index is 6.56. The zero-order valence-corrected chi connectivity index (χ0v) is 25.7. The van der Waals surface area contributed by atoms with Gasteiger partial charge in [-0.2, -0.15) is 0 Å². The first-order chi connectivity index (χ1) is 21.2. The molecule has 1 fully saturated rings. The molecule has 3 heterocycles. The number of nitrogens with zero attached hydrogens (tertiary/aromatic N) is 2. The summed E-state index contributed by atoms with van der Waals surface area (Å²) in [5.74, 6) is 3.49. The van der Waals surface area contributed by atoms with Gasteiger partial charge in [-0.3, -0.25) is 4.57 Å². The molecule has 3 aliphatic rings. The van der Waals surface area contributed by atoms with Crippen molar-refractivity contribution in [2.45, 2.75) is 51.2 Å². The number of fused-ring (bicyclic) bond motifs is 9. The highest BCUT2D eigenvalue weighted by Gasteiger charge is 2.54. The van der Waals surface area contributed by atoms with Crippen molar-refractivity contribution in [1.82, 2.24) is 9.55 Å². The van der Waals surface area contributed by atoms with E-state index in [0.29, 0.717) is 0 Å². The first-order valence-electron chi connectivity index (χ1n) is 15.2. The fourth-order valence-electron chi connectivity index (χ4n) is 7.38. The Bertz CT molecular complexity index is 2110. The number of benzene rings is 4. The van der Waals surface area contributed by atoms with E-state index in [1.807, 2.05) is 12.2 Å². The predicted octanol–water partition coefficient (Wildman–Crippen LogP) is 7.59. The van der Waals surface area contributed by atoms with Crippen LogP contribution in [0.1, 0.15) is 62.7 Å². The van der Waals surface area contributed by atoms with Crippen molar-refractivity contribution in [3.05, 3.63) is 131 Å². The zero-order chi connectivity index (χ0) is 30.4. The van der Waals surface area contributed by atoms with Gasteiger partial charge in [0.1, 0.15) is 5.82 Å². The van der Waals surface area contributed by atoms with Crippen LogP contribution < -0.4 is 5.46 Å². The summed E-state index contributed by atoms with van der Waals surface area (Å²) < 4.78 is 15.4. The van der Waals surface area contributed by atoms with E-state index in [4.69, 9.17) is 20.7 Å². The maximum absolute atomic E-state index is 6.56. The number of allylic oxidation sites excluding steroid dienone is 4. The first-order valence-corrected chi connectivity index (χ1v) is 15.2. The molecule has 0 N–H and O–H groups in total. The Morgan fingerprint density at radius 1 is 0.818 bits per heavy atom. The Hall–Kier alpha value is -4.63. The van der Waals surface area contributed by atoms with Gasteiger partial charge in [0.05, 0.1) is 33.3 Å². The van der Waals surface area contributed by atoms with Gasteiger partial charge >= 0.3 is 7.12 Å². The van der Waals surface area contributed by atoms with Gasteiger partial charge in [0.25, 0.3) is 0 Å². The van der Waals surface area contributed by atoms with E-state index in [1.54, 1.807) is 6.08 Å². The van der Waals surface area contributed by atoms with Crippen LogP contribution in [-0.4, -0.2) is 27.9 Å². The monoisotopic (exact) mass is 572 g/mol. The molecule has 1 unspecified atom stereocenters. The van der Waals surface area contributed by atoms with Crippen LogP contribution in [0.25, 0.3) is 33.4 Å². The van der Waals surface area contributed by atoms with Crippen LogP contribution in [0.4, 0.5) is 0 Å². The third kappa shape index (κ3) is 3.41. The third-order valence-corrected chi connectivity index (χ3v) is 10.1. The average molecular weight is 573 g/mol. The lowest BCUT2D eigenvalue weighted by Gasteiger charge is -2.39. The van der Waals surface area contributed by atoms with Crippen molar-refractivity contribution in [2.75, 3.05) is 0 Å². The van der Waals surface area contributed by atoms with Crippen LogP contribution in [0.5, 0.6) is 0 Å². The summed E-state index contributed by atoms with van der Waals surface area (Å²) in [6, 6.07) is 30.9. The van der Waals surface area contributed by atoms with Crippen molar-refractivity contribution >= 4 is 29.2 Å². The van der Waals surface area contributed by atoms with E-state index in [0.717, 1.165) is 33.6 Å². The Kier molecular flexibility index (Phi) is 5.63. The number of rotatable bonds is 3. The molecular weight excluding hydrogens is 539 g/mol. The molecule has 0 radical (unpaired) electrons. The van der Waals surface area contributed by atoms with Gasteiger partial charge in [-0.1, -0.05) is 90.9 Å². The molecule has 4 aromatic carbocycles. The molecule has 0 bridgehead atoms. The molecule has 4 nitrogen and oxygen atoms in total. The Morgan fingerprint density at radius 2 is 1.50 bits per heavy atom. The largest absolute Gasteiger partial charge is 0.494 e. The minimum absolute atomic E-state index is 0.427. The van der Waals surface area contributed by atoms with Gasteiger partial charge in [-0.15, -0.1) is 6.42 Å². The van der Waals surface area contributed by atoms with Crippen LogP contribution in [0.3, 0.4) is 0 Å². The van der Waals surface area contributed by atoms with Gasteiger partial charge in [0.15, 0.2) is 0 Å². The summed E-state index contributed by atoms with van der Waals surface area (Å²) in [5, 5.41) is 0. The second-order valence-corrected chi connectivity index (χ2v) is 13.0. The third-order valence-electron chi connectivity index (χ3n) is 10.1. The fraction of sp³-hybridized carbons (Fsp3) is 0.205. The fourth-order valence-corrected chi connectivity index (χ4v) is 7.38. The van der Waals surface area contributed by atoms with Gasteiger partial charge in [-0.25, -0.2) is 4.98 Å². The molecule has 5 heteroatoms. The van der Waals surface area contributed by atoms with Crippen LogP contribution in [0.2, 0.25) is 0 Å². The van der Waals surface area contributed by atoms with Crippen LogP contribution in [0.15, 0.2) is 103 Å². The minimum Gasteiger partial charge on any atom is -0.399 e. The predicted molar refractivity (Wildman–Crippen MR) is 179 cm³/mol. The molecular formula is C39H33BN2O2. The van der Waals surface area contributed by atoms with Crippen molar-refractivity contribution in [3.8, 4) is 29.2 Å². The lowest BCUT2D eigenvalue weighted by molar-refractivity contribution is 0.00578. The van der Waals surface area contributed by atoms with Crippen molar-refractivity contribution < 1.29 is 9.31 Å². The van der Waals surface area contributed by atoms with E-state index in [1.165, 1.54) is 33.4 Å². The molecule has 2 aliphatic heterocycles. The van der Waals surface area contributed by atoms with Gasteiger partial charge < -0.3 is 9.31 Å². The molecule has 1 aromatic heterocycles. The van der Waals surface area contributed by atoms with E-state index >= 15 is 0 Å². The van der Waals surface area contributed by atoms with Gasteiger partial charge in [-0.05, 0) is 97.2 Å². The van der Waals surface area contributed by atoms with Crippen LogP contribution in [-0.2, 0) is 14.7 Å². The van der Waals surface area contributed by atoms with E-state index < -0.39 is 23.7 Å². The smallest absolute Gasteiger partial charge is 0.399 e. The number of aromatic nitrogens is 2. The minimum atomic E-state index is -0.546. The van der Waals surface area contributed by atoms with Gasteiger partial charge in [0, 0.05) is 0 Å². The van der Waals surface area contributed by atoms with E-state index in [2.05, 4.69) is 130 Å². The number of hydrogen-bond donors (Lipinski definition) is 0. The number of hydrogen-bond acceptors (Lipinski definition) is 3. The average Bonchev–Trinajstić information content (AvgIpc) is 3.62. The summed E-state index contributed by atoms with van der Waals surface area (Å²) in [6.45, 7) is 10.5. The summed E-state index contributed by atoms with van der Waals surface area (Å²) in [4.78, 5) is 5.21. The summed E-state index contributed by atoms with van der Waals surface area (Å²) in [5.41, 5.74) is 11.3. The highest BCUT2D eigenvalue weighted by Crippen LogP contribution is 2.60. The van der Waals surface area contributed by atoms with Crippen molar-refractivity contribution in [3.63, 3.8) is 0 Å². The molecule has 0 amide bonds. The highest BCUT2D eigenvalue weighted by atomic mass is 16.7.